The maximum Gasteiger partial charge on any atom is 0.225 e. The van der Waals surface area contributed by atoms with Gasteiger partial charge in [-0.15, -0.1) is 0 Å². The van der Waals surface area contributed by atoms with Crippen LogP contribution in [0.25, 0.3) is 0 Å². The first-order valence-electron chi connectivity index (χ1n) is 15.4. The van der Waals surface area contributed by atoms with Crippen molar-refractivity contribution in [3.63, 3.8) is 0 Å². The Hall–Kier alpha value is -2.71. The normalized spacial score (nSPS) is 16.7. The standard InChI is InChI=1S/C33H46ClN7/c1-26-21-32(41-19-17-40(18-20-41)25-29-7-5-8-30(34)22-29)39-33(38-26)37-24-28-13-11-27(12-14-28)23-35-15-6-16-36-31-9-3-2-4-10-31/h5,7-8,11-14,21-22,31,35-36H,2-4,6,9-10,15-20,23-25H2,1H3,(H,37,38,39). The number of halogens is 1. The largest absolute Gasteiger partial charge is 0.354 e. The number of rotatable bonds is 13. The molecule has 0 atom stereocenters. The molecule has 3 aromatic rings. The first-order valence-corrected chi connectivity index (χ1v) is 15.8. The highest BCUT2D eigenvalue weighted by Crippen LogP contribution is 2.20. The van der Waals surface area contributed by atoms with Crippen LogP contribution in [0.15, 0.2) is 54.6 Å². The fraction of sp³-hybridized carbons (Fsp3) is 0.515. The van der Waals surface area contributed by atoms with Gasteiger partial charge in [-0.2, -0.15) is 4.98 Å². The molecule has 1 saturated heterocycles. The number of piperazine rings is 1. The van der Waals surface area contributed by atoms with E-state index in [1.54, 1.807) is 0 Å². The average Bonchev–Trinajstić information content (AvgIpc) is 2.99. The molecule has 2 aliphatic rings. The lowest BCUT2D eigenvalue weighted by atomic mass is 9.95. The van der Waals surface area contributed by atoms with Crippen molar-refractivity contribution in [2.24, 2.45) is 0 Å². The lowest BCUT2D eigenvalue weighted by molar-refractivity contribution is 0.249. The summed E-state index contributed by atoms with van der Waals surface area (Å²) in [5.41, 5.74) is 4.79. The molecule has 5 rings (SSSR count). The molecule has 0 bridgehead atoms. The fourth-order valence-corrected chi connectivity index (χ4v) is 6.05. The Morgan fingerprint density at radius 3 is 2.34 bits per heavy atom. The van der Waals surface area contributed by atoms with Gasteiger partial charge in [0.25, 0.3) is 0 Å². The Labute approximate surface area is 251 Å². The zero-order chi connectivity index (χ0) is 28.3. The van der Waals surface area contributed by atoms with Gasteiger partial charge in [-0.05, 0) is 68.1 Å². The molecule has 0 amide bonds. The van der Waals surface area contributed by atoms with Crippen molar-refractivity contribution in [1.82, 2.24) is 25.5 Å². The highest BCUT2D eigenvalue weighted by Gasteiger charge is 2.19. The SMILES string of the molecule is Cc1cc(N2CCN(Cc3cccc(Cl)c3)CC2)nc(NCc2ccc(CNCCCNC3CCCCC3)cc2)n1. The second-order valence-corrected chi connectivity index (χ2v) is 12.0. The van der Waals surface area contributed by atoms with Gasteiger partial charge in [-0.1, -0.05) is 67.3 Å². The molecule has 2 heterocycles. The number of nitrogens with zero attached hydrogens (tertiary/aromatic N) is 4. The molecule has 0 radical (unpaired) electrons. The van der Waals surface area contributed by atoms with Crippen molar-refractivity contribution in [1.29, 1.82) is 0 Å². The van der Waals surface area contributed by atoms with Gasteiger partial charge in [0.2, 0.25) is 5.95 Å². The number of hydrogen-bond donors (Lipinski definition) is 3. The number of aromatic nitrogens is 2. The quantitative estimate of drug-likeness (QED) is 0.223. The summed E-state index contributed by atoms with van der Waals surface area (Å²) in [5, 5.41) is 11.6. The van der Waals surface area contributed by atoms with Gasteiger partial charge in [0, 0.05) is 68.6 Å². The summed E-state index contributed by atoms with van der Waals surface area (Å²) in [6.45, 7) is 10.6. The van der Waals surface area contributed by atoms with Crippen LogP contribution in [0.1, 0.15) is 60.9 Å². The molecule has 0 spiro atoms. The van der Waals surface area contributed by atoms with Crippen molar-refractivity contribution in [2.75, 3.05) is 49.5 Å². The minimum Gasteiger partial charge on any atom is -0.354 e. The van der Waals surface area contributed by atoms with E-state index in [1.165, 1.54) is 55.2 Å². The van der Waals surface area contributed by atoms with Crippen LogP contribution in [0.2, 0.25) is 5.02 Å². The summed E-state index contributed by atoms with van der Waals surface area (Å²) in [5.74, 6) is 1.69. The molecule has 8 heteroatoms. The van der Waals surface area contributed by atoms with Crippen LogP contribution < -0.4 is 20.9 Å². The van der Waals surface area contributed by atoms with Gasteiger partial charge >= 0.3 is 0 Å². The molecule has 3 N–H and O–H groups in total. The smallest absolute Gasteiger partial charge is 0.225 e. The van der Waals surface area contributed by atoms with E-state index in [-0.39, 0.29) is 0 Å². The maximum atomic E-state index is 6.17. The number of benzene rings is 2. The van der Waals surface area contributed by atoms with E-state index < -0.39 is 0 Å². The lowest BCUT2D eigenvalue weighted by Gasteiger charge is -2.35. The zero-order valence-electron chi connectivity index (χ0n) is 24.5. The van der Waals surface area contributed by atoms with Gasteiger partial charge in [-0.25, -0.2) is 4.98 Å². The van der Waals surface area contributed by atoms with Crippen LogP contribution in [0.3, 0.4) is 0 Å². The van der Waals surface area contributed by atoms with Gasteiger partial charge in [0.15, 0.2) is 0 Å². The Morgan fingerprint density at radius 2 is 1.59 bits per heavy atom. The summed E-state index contributed by atoms with van der Waals surface area (Å²) in [6.07, 6.45) is 8.09. The minimum atomic E-state index is 0.689. The Kier molecular flexibility index (Phi) is 11.3. The summed E-state index contributed by atoms with van der Waals surface area (Å²) in [7, 11) is 0. The fourth-order valence-electron chi connectivity index (χ4n) is 5.84. The highest BCUT2D eigenvalue weighted by atomic mass is 35.5. The molecular weight excluding hydrogens is 530 g/mol. The third-order valence-electron chi connectivity index (χ3n) is 8.20. The van der Waals surface area contributed by atoms with Crippen LogP contribution in [0.4, 0.5) is 11.8 Å². The van der Waals surface area contributed by atoms with Crippen molar-refractivity contribution in [3.05, 3.63) is 82.0 Å². The van der Waals surface area contributed by atoms with Crippen molar-refractivity contribution in [3.8, 4) is 0 Å². The molecule has 1 aliphatic carbocycles. The molecule has 220 valence electrons. The van der Waals surface area contributed by atoms with E-state index in [1.807, 2.05) is 19.1 Å². The molecule has 1 aliphatic heterocycles. The molecule has 2 aromatic carbocycles. The van der Waals surface area contributed by atoms with Crippen LogP contribution in [0, 0.1) is 6.92 Å². The van der Waals surface area contributed by atoms with Crippen LogP contribution in [-0.2, 0) is 19.6 Å². The van der Waals surface area contributed by atoms with Crippen LogP contribution in [0.5, 0.6) is 0 Å². The summed E-state index contributed by atoms with van der Waals surface area (Å²) in [6, 6.07) is 19.8. The van der Waals surface area contributed by atoms with E-state index in [4.69, 9.17) is 16.6 Å². The first kappa shape index (κ1) is 29.8. The molecule has 41 heavy (non-hydrogen) atoms. The number of aryl methyl sites for hydroxylation is 1. The van der Waals surface area contributed by atoms with Gasteiger partial charge in [-0.3, -0.25) is 4.90 Å². The molecule has 1 saturated carbocycles. The maximum absolute atomic E-state index is 6.17. The summed E-state index contributed by atoms with van der Waals surface area (Å²) >= 11 is 6.17. The molecule has 1 aromatic heterocycles. The van der Waals surface area contributed by atoms with Crippen molar-refractivity contribution >= 4 is 23.4 Å². The highest BCUT2D eigenvalue weighted by molar-refractivity contribution is 6.30. The van der Waals surface area contributed by atoms with E-state index in [2.05, 4.69) is 73.2 Å². The van der Waals surface area contributed by atoms with Crippen molar-refractivity contribution in [2.45, 2.75) is 71.1 Å². The van der Waals surface area contributed by atoms with E-state index in [0.29, 0.717) is 12.5 Å². The second-order valence-electron chi connectivity index (χ2n) is 11.6. The topological polar surface area (TPSA) is 68.3 Å². The number of hydrogen-bond acceptors (Lipinski definition) is 7. The monoisotopic (exact) mass is 575 g/mol. The van der Waals surface area contributed by atoms with E-state index >= 15 is 0 Å². The van der Waals surface area contributed by atoms with E-state index in [9.17, 15) is 0 Å². The van der Waals surface area contributed by atoms with Gasteiger partial charge in [0.05, 0.1) is 0 Å². The second kappa shape index (κ2) is 15.5. The molecule has 7 nitrogen and oxygen atoms in total. The molecular formula is C33H46ClN7. The third-order valence-corrected chi connectivity index (χ3v) is 8.44. The lowest BCUT2D eigenvalue weighted by Crippen LogP contribution is -2.46. The zero-order valence-corrected chi connectivity index (χ0v) is 25.3. The molecule has 2 fully saturated rings. The van der Waals surface area contributed by atoms with Gasteiger partial charge in [0.1, 0.15) is 5.82 Å². The number of nitrogens with one attached hydrogen (secondary N) is 3. The van der Waals surface area contributed by atoms with E-state index in [0.717, 1.165) is 74.9 Å². The van der Waals surface area contributed by atoms with Crippen LogP contribution >= 0.6 is 11.6 Å². The first-order chi connectivity index (χ1) is 20.1. The van der Waals surface area contributed by atoms with Crippen LogP contribution in [-0.4, -0.2) is 60.2 Å². The predicted octanol–water partition coefficient (Wildman–Crippen LogP) is 5.77. The predicted molar refractivity (Wildman–Crippen MR) is 171 cm³/mol. The Morgan fingerprint density at radius 1 is 0.829 bits per heavy atom. The average molecular weight is 576 g/mol. The third kappa shape index (κ3) is 9.67. The van der Waals surface area contributed by atoms with Crippen molar-refractivity contribution < 1.29 is 0 Å². The Balaban J connectivity index is 1.02. The minimum absolute atomic E-state index is 0.689. The van der Waals surface area contributed by atoms with Gasteiger partial charge < -0.3 is 20.9 Å². The Bertz CT molecular complexity index is 1200. The summed E-state index contributed by atoms with van der Waals surface area (Å²) in [4.78, 5) is 14.3. The summed E-state index contributed by atoms with van der Waals surface area (Å²) < 4.78 is 0. The number of anilines is 2. The molecule has 0 unspecified atom stereocenters.